The summed E-state index contributed by atoms with van der Waals surface area (Å²) in [6.07, 6.45) is -0.285. The number of esters is 1. The highest BCUT2D eigenvalue weighted by Crippen LogP contribution is 2.18. The first-order chi connectivity index (χ1) is 7.95. The van der Waals surface area contributed by atoms with Crippen molar-refractivity contribution in [3.05, 3.63) is 34.9 Å². The lowest BCUT2D eigenvalue weighted by Gasteiger charge is -2.06. The summed E-state index contributed by atoms with van der Waals surface area (Å²) in [4.78, 5) is 11.2. The first-order valence-electron chi connectivity index (χ1n) is 4.79. The van der Waals surface area contributed by atoms with Crippen molar-refractivity contribution in [3.63, 3.8) is 0 Å². The molecule has 1 rings (SSSR count). The molecule has 0 unspecified atom stereocenters. The number of rotatable bonds is 4. The van der Waals surface area contributed by atoms with E-state index in [-0.39, 0.29) is 28.5 Å². The molecule has 0 spiro atoms. The van der Waals surface area contributed by atoms with E-state index in [4.69, 9.17) is 11.6 Å². The Labute approximate surface area is 108 Å². The smallest absolute Gasteiger partial charge is 0.310 e. The second-order valence-corrected chi connectivity index (χ2v) is 4.19. The van der Waals surface area contributed by atoms with Crippen molar-refractivity contribution in [1.82, 2.24) is 0 Å². The van der Waals surface area contributed by atoms with Crippen LogP contribution in [0.1, 0.15) is 18.1 Å². The number of hydrogen-bond acceptors (Lipinski definition) is 3. The van der Waals surface area contributed by atoms with Gasteiger partial charge >= 0.3 is 5.97 Å². The summed E-state index contributed by atoms with van der Waals surface area (Å²) in [7, 11) is 0. The maximum Gasteiger partial charge on any atom is 0.310 e. The molecule has 92 valence electrons. The van der Waals surface area contributed by atoms with Gasteiger partial charge in [-0.3, -0.25) is 4.79 Å². The fraction of sp³-hybridized carbons (Fsp3) is 0.273. The summed E-state index contributed by atoms with van der Waals surface area (Å²) in [5.74, 6) is -2.27. The van der Waals surface area contributed by atoms with Crippen molar-refractivity contribution < 1.29 is 18.3 Å². The van der Waals surface area contributed by atoms with Crippen LogP contribution in [0.25, 0.3) is 0 Å². The summed E-state index contributed by atoms with van der Waals surface area (Å²) in [6, 6.07) is 1.77. The van der Waals surface area contributed by atoms with E-state index in [1.165, 1.54) is 0 Å². The van der Waals surface area contributed by atoms with E-state index < -0.39 is 17.6 Å². The molecule has 1 aromatic rings. The third-order valence-corrected chi connectivity index (χ3v) is 2.41. The lowest BCUT2D eigenvalue weighted by Crippen LogP contribution is -2.10. The third-order valence-electron chi connectivity index (χ3n) is 1.99. The van der Waals surface area contributed by atoms with Crippen LogP contribution < -0.4 is 0 Å². The monoisotopic (exact) mass is 278 g/mol. The molecule has 0 aliphatic carbocycles. The lowest BCUT2D eigenvalue weighted by atomic mass is 10.1. The first-order valence-corrected chi connectivity index (χ1v) is 5.57. The molecule has 0 amide bonds. The molecule has 0 fully saturated rings. The molecule has 0 aliphatic heterocycles. The molecule has 2 nitrogen and oxygen atoms in total. The van der Waals surface area contributed by atoms with Gasteiger partial charge < -0.3 is 4.74 Å². The van der Waals surface area contributed by atoms with Crippen molar-refractivity contribution in [2.45, 2.75) is 13.3 Å². The van der Waals surface area contributed by atoms with Gasteiger partial charge in [-0.2, -0.15) is 0 Å². The van der Waals surface area contributed by atoms with Crippen LogP contribution in [0.2, 0.25) is 0 Å². The molecule has 0 saturated heterocycles. The summed E-state index contributed by atoms with van der Waals surface area (Å²) >= 11 is 10.1. The molecule has 6 heteroatoms. The van der Waals surface area contributed by atoms with E-state index in [0.29, 0.717) is 6.07 Å². The highest BCUT2D eigenvalue weighted by atomic mass is 35.5. The number of thiocarbonyl (C=S) groups is 1. The fourth-order valence-corrected chi connectivity index (χ4v) is 1.55. The molecule has 0 radical (unpaired) electrons. The predicted molar refractivity (Wildman–Crippen MR) is 64.2 cm³/mol. The Morgan fingerprint density at radius 2 is 2.06 bits per heavy atom. The number of carbonyl (C=O) groups excluding carboxylic acids is 1. The van der Waals surface area contributed by atoms with Crippen LogP contribution in [0.15, 0.2) is 12.1 Å². The number of halogens is 3. The molecular formula is C11H9ClF2O2S. The standard InChI is InChI=1S/C11H9ClF2O2S/c1-2-16-10(15)4-6-3-7(11(12)17)9(14)5-8(6)13/h3,5H,2,4H2,1H3. The van der Waals surface area contributed by atoms with Gasteiger partial charge in [0.15, 0.2) is 0 Å². The minimum atomic E-state index is -0.852. The van der Waals surface area contributed by atoms with Crippen LogP contribution in [-0.2, 0) is 16.0 Å². The van der Waals surface area contributed by atoms with Crippen LogP contribution in [0.4, 0.5) is 8.78 Å². The number of carbonyl (C=O) groups is 1. The number of ether oxygens (including phenoxy) is 1. The average molecular weight is 279 g/mol. The van der Waals surface area contributed by atoms with Gasteiger partial charge in [-0.15, -0.1) is 0 Å². The predicted octanol–water partition coefficient (Wildman–Crippen LogP) is 2.98. The van der Waals surface area contributed by atoms with Crippen molar-refractivity contribution in [3.8, 4) is 0 Å². The van der Waals surface area contributed by atoms with Crippen molar-refractivity contribution in [2.24, 2.45) is 0 Å². The number of benzene rings is 1. The van der Waals surface area contributed by atoms with Crippen molar-refractivity contribution in [1.29, 1.82) is 0 Å². The van der Waals surface area contributed by atoms with Crippen LogP contribution in [0.3, 0.4) is 0 Å². The highest BCUT2D eigenvalue weighted by Gasteiger charge is 2.15. The highest BCUT2D eigenvalue weighted by molar-refractivity contribution is 7.83. The zero-order valence-corrected chi connectivity index (χ0v) is 10.5. The van der Waals surface area contributed by atoms with Gasteiger partial charge in [0.1, 0.15) is 16.0 Å². The van der Waals surface area contributed by atoms with E-state index in [2.05, 4.69) is 17.0 Å². The minimum Gasteiger partial charge on any atom is -0.466 e. The van der Waals surface area contributed by atoms with E-state index >= 15 is 0 Å². The second kappa shape index (κ2) is 6.02. The molecule has 1 aromatic carbocycles. The molecule has 17 heavy (non-hydrogen) atoms. The molecule has 0 N–H and O–H groups in total. The summed E-state index contributed by atoms with van der Waals surface area (Å²) in [5.41, 5.74) is -0.0924. The Morgan fingerprint density at radius 1 is 1.41 bits per heavy atom. The normalized spacial score (nSPS) is 10.1. The minimum absolute atomic E-state index is 0.00264. The first kappa shape index (κ1) is 14.0. The number of hydrogen-bond donors (Lipinski definition) is 0. The average Bonchev–Trinajstić information content (AvgIpc) is 2.21. The van der Waals surface area contributed by atoms with Crippen molar-refractivity contribution >= 4 is 34.1 Å². The Hall–Kier alpha value is -1.07. The molecule has 0 aromatic heterocycles. The van der Waals surface area contributed by atoms with Crippen LogP contribution in [0.5, 0.6) is 0 Å². The largest absolute Gasteiger partial charge is 0.466 e. The van der Waals surface area contributed by atoms with E-state index in [0.717, 1.165) is 6.07 Å². The zero-order valence-electron chi connectivity index (χ0n) is 8.93. The quantitative estimate of drug-likeness (QED) is 0.481. The van der Waals surface area contributed by atoms with E-state index in [1.807, 2.05) is 0 Å². The van der Waals surface area contributed by atoms with E-state index in [1.54, 1.807) is 6.92 Å². The topological polar surface area (TPSA) is 26.3 Å². The van der Waals surface area contributed by atoms with Gasteiger partial charge in [0.2, 0.25) is 0 Å². The van der Waals surface area contributed by atoms with Gasteiger partial charge in [-0.05, 0) is 18.6 Å². The van der Waals surface area contributed by atoms with Crippen LogP contribution in [0, 0.1) is 11.6 Å². The Morgan fingerprint density at radius 3 is 2.59 bits per heavy atom. The molecule has 0 aliphatic rings. The van der Waals surface area contributed by atoms with Crippen LogP contribution in [-0.4, -0.2) is 16.9 Å². The lowest BCUT2D eigenvalue weighted by molar-refractivity contribution is -0.142. The van der Waals surface area contributed by atoms with Gasteiger partial charge in [-0.25, -0.2) is 8.78 Å². The van der Waals surface area contributed by atoms with Crippen LogP contribution >= 0.6 is 23.8 Å². The summed E-state index contributed by atoms with van der Waals surface area (Å²) in [5, 5.41) is 0. The maximum absolute atomic E-state index is 13.4. The molecule has 0 atom stereocenters. The third kappa shape index (κ3) is 3.71. The fourth-order valence-electron chi connectivity index (χ4n) is 1.25. The summed E-state index contributed by atoms with van der Waals surface area (Å²) in [6.45, 7) is 1.83. The Kier molecular flexibility index (Phi) is 4.96. The van der Waals surface area contributed by atoms with E-state index in [9.17, 15) is 13.6 Å². The Balaban J connectivity index is 3.03. The van der Waals surface area contributed by atoms with Crippen molar-refractivity contribution in [2.75, 3.05) is 6.61 Å². The second-order valence-electron chi connectivity index (χ2n) is 3.18. The zero-order chi connectivity index (χ0) is 13.0. The van der Waals surface area contributed by atoms with Gasteiger partial charge in [0.05, 0.1) is 13.0 Å². The molecule has 0 heterocycles. The van der Waals surface area contributed by atoms with Gasteiger partial charge in [-0.1, -0.05) is 23.8 Å². The summed E-state index contributed by atoms with van der Waals surface area (Å²) < 4.78 is 31.0. The SMILES string of the molecule is CCOC(=O)Cc1cc(C(=S)Cl)c(F)cc1F. The van der Waals surface area contributed by atoms with Gasteiger partial charge in [0.25, 0.3) is 0 Å². The molecular weight excluding hydrogens is 270 g/mol. The molecule has 0 bridgehead atoms. The van der Waals surface area contributed by atoms with Gasteiger partial charge in [0, 0.05) is 11.6 Å². The molecule has 0 saturated carbocycles. The maximum atomic E-state index is 13.4. The Bertz CT molecular complexity index is 463.